The van der Waals surface area contributed by atoms with Crippen molar-refractivity contribution in [1.82, 2.24) is 0 Å². The molecule has 0 fully saturated rings. The van der Waals surface area contributed by atoms with Crippen LogP contribution < -0.4 is 0 Å². The third-order valence-electron chi connectivity index (χ3n) is 2.39. The van der Waals surface area contributed by atoms with E-state index < -0.39 is 9.84 Å². The highest BCUT2D eigenvalue weighted by Crippen LogP contribution is 2.25. The molecule has 1 aromatic carbocycles. The second-order valence-electron chi connectivity index (χ2n) is 3.54. The highest BCUT2D eigenvalue weighted by Gasteiger charge is 2.25. The van der Waals surface area contributed by atoms with E-state index in [-0.39, 0.29) is 24.4 Å². The van der Waals surface area contributed by atoms with Crippen molar-refractivity contribution >= 4 is 31.6 Å². The molecule has 1 aliphatic rings. The van der Waals surface area contributed by atoms with Gasteiger partial charge in [-0.15, -0.1) is 0 Å². The lowest BCUT2D eigenvalue weighted by atomic mass is 10.1. The van der Waals surface area contributed by atoms with E-state index in [1.54, 1.807) is 18.2 Å². The predicted molar refractivity (Wildman–Crippen MR) is 59.5 cm³/mol. The van der Waals surface area contributed by atoms with Crippen LogP contribution in [-0.4, -0.2) is 20.0 Å². The second-order valence-corrected chi connectivity index (χ2v) is 6.53. The first kappa shape index (κ1) is 10.8. The number of Topliss-reactive ketones (excluding diaryl/α,β-unsaturated/α-hetero) is 1. The molecule has 0 radical (unpaired) electrons. The average Bonchev–Trinajstić information content (AvgIpc) is 2.24. The largest absolute Gasteiger partial charge is 0.299 e. The zero-order chi connectivity index (χ0) is 11.1. The van der Waals surface area contributed by atoms with Gasteiger partial charge in [-0.25, -0.2) is 8.42 Å². The molecule has 0 saturated carbocycles. The van der Waals surface area contributed by atoms with E-state index in [9.17, 15) is 13.2 Å². The molecular weight excluding hydrogens is 280 g/mol. The standard InChI is InChI=1S/C10H9BrO3S/c11-8-1-2-10-7(5-8)6-9(12)3-4-15(10,13)14/h1-2,5H,3-4,6H2. The van der Waals surface area contributed by atoms with Gasteiger partial charge in [0.2, 0.25) is 0 Å². The van der Waals surface area contributed by atoms with Crippen LogP contribution in [0.25, 0.3) is 0 Å². The molecule has 5 heteroatoms. The first-order valence-corrected chi connectivity index (χ1v) is 6.96. The van der Waals surface area contributed by atoms with E-state index >= 15 is 0 Å². The summed E-state index contributed by atoms with van der Waals surface area (Å²) in [5.74, 6) is -0.0871. The molecule has 0 aliphatic carbocycles. The Hall–Kier alpha value is -0.680. The Kier molecular flexibility index (Phi) is 2.68. The van der Waals surface area contributed by atoms with Crippen molar-refractivity contribution in [2.45, 2.75) is 17.7 Å². The van der Waals surface area contributed by atoms with Crippen molar-refractivity contribution < 1.29 is 13.2 Å². The Morgan fingerprint density at radius 2 is 2.00 bits per heavy atom. The molecule has 0 spiro atoms. The molecule has 15 heavy (non-hydrogen) atoms. The lowest BCUT2D eigenvalue weighted by Crippen LogP contribution is -2.07. The Bertz CT molecular complexity index is 519. The molecule has 0 aromatic heterocycles. The molecule has 0 saturated heterocycles. The minimum atomic E-state index is -3.27. The number of hydrogen-bond donors (Lipinski definition) is 0. The molecule has 0 atom stereocenters. The van der Waals surface area contributed by atoms with E-state index in [0.717, 1.165) is 4.47 Å². The number of rotatable bonds is 0. The van der Waals surface area contributed by atoms with Crippen molar-refractivity contribution in [3.63, 3.8) is 0 Å². The van der Waals surface area contributed by atoms with Crippen LogP contribution in [0.5, 0.6) is 0 Å². The highest BCUT2D eigenvalue weighted by atomic mass is 79.9. The molecular formula is C10H9BrO3S. The molecule has 0 bridgehead atoms. The molecule has 0 N–H and O–H groups in total. The minimum Gasteiger partial charge on any atom is -0.299 e. The van der Waals surface area contributed by atoms with Crippen molar-refractivity contribution in [2.24, 2.45) is 0 Å². The summed E-state index contributed by atoms with van der Waals surface area (Å²) in [5.41, 5.74) is 0.604. The highest BCUT2D eigenvalue weighted by molar-refractivity contribution is 9.10. The summed E-state index contributed by atoms with van der Waals surface area (Å²) in [6, 6.07) is 4.95. The summed E-state index contributed by atoms with van der Waals surface area (Å²) >= 11 is 3.27. The van der Waals surface area contributed by atoms with Crippen LogP contribution in [0.15, 0.2) is 27.6 Å². The van der Waals surface area contributed by atoms with Gasteiger partial charge < -0.3 is 0 Å². The number of ketones is 1. The number of halogens is 1. The third-order valence-corrected chi connectivity index (χ3v) is 4.70. The maximum Gasteiger partial charge on any atom is 0.179 e. The molecule has 1 aromatic rings. The number of carbonyl (C=O) groups excluding carboxylic acids is 1. The molecule has 80 valence electrons. The van der Waals surface area contributed by atoms with Crippen LogP contribution in [-0.2, 0) is 21.1 Å². The van der Waals surface area contributed by atoms with E-state index in [1.807, 2.05) is 0 Å². The summed E-state index contributed by atoms with van der Waals surface area (Å²) in [7, 11) is -3.27. The maximum atomic E-state index is 11.8. The van der Waals surface area contributed by atoms with Crippen molar-refractivity contribution in [2.75, 3.05) is 5.75 Å². The SMILES string of the molecule is O=C1CCS(=O)(=O)c2ccc(Br)cc2C1. The first-order valence-electron chi connectivity index (χ1n) is 4.52. The number of benzene rings is 1. The monoisotopic (exact) mass is 288 g/mol. The fourth-order valence-electron chi connectivity index (χ4n) is 1.65. The third kappa shape index (κ3) is 2.13. The second kappa shape index (κ2) is 3.72. The minimum absolute atomic E-state index is 0.0181. The average molecular weight is 289 g/mol. The van der Waals surface area contributed by atoms with Gasteiger partial charge in [0.15, 0.2) is 9.84 Å². The fraction of sp³-hybridized carbons (Fsp3) is 0.300. The first-order chi connectivity index (χ1) is 6.99. The summed E-state index contributed by atoms with van der Waals surface area (Å²) in [5, 5.41) is 0. The van der Waals surface area contributed by atoms with Crippen molar-refractivity contribution in [3.8, 4) is 0 Å². The Balaban J connectivity index is 2.66. The molecule has 0 unspecified atom stereocenters. The van der Waals surface area contributed by atoms with Crippen molar-refractivity contribution in [3.05, 3.63) is 28.2 Å². The molecule has 3 nitrogen and oxygen atoms in total. The normalized spacial score (nSPS) is 19.4. The number of hydrogen-bond acceptors (Lipinski definition) is 3. The van der Waals surface area contributed by atoms with Crippen molar-refractivity contribution in [1.29, 1.82) is 0 Å². The van der Waals surface area contributed by atoms with Crippen LogP contribution in [0.3, 0.4) is 0 Å². The molecule has 1 heterocycles. The van der Waals surface area contributed by atoms with Gasteiger partial charge in [-0.2, -0.15) is 0 Å². The van der Waals surface area contributed by atoms with Gasteiger partial charge in [0.05, 0.1) is 10.6 Å². The summed E-state index contributed by atoms with van der Waals surface area (Å²) < 4.78 is 24.4. The zero-order valence-electron chi connectivity index (χ0n) is 7.86. The van der Waals surface area contributed by atoms with Gasteiger partial charge in [0, 0.05) is 17.3 Å². The number of carbonyl (C=O) groups is 1. The Morgan fingerprint density at radius 1 is 1.27 bits per heavy atom. The van der Waals surface area contributed by atoms with Gasteiger partial charge in [-0.1, -0.05) is 15.9 Å². The van der Waals surface area contributed by atoms with Gasteiger partial charge in [-0.05, 0) is 23.8 Å². The topological polar surface area (TPSA) is 51.2 Å². The Labute approximate surface area is 96.5 Å². The van der Waals surface area contributed by atoms with Gasteiger partial charge in [0.1, 0.15) is 5.78 Å². The quantitative estimate of drug-likeness (QED) is 0.731. The van der Waals surface area contributed by atoms with E-state index in [0.29, 0.717) is 10.5 Å². The molecule has 2 rings (SSSR count). The smallest absolute Gasteiger partial charge is 0.179 e. The summed E-state index contributed by atoms with van der Waals surface area (Å²) in [6.45, 7) is 0. The molecule has 0 amide bonds. The molecule has 1 aliphatic heterocycles. The van der Waals surface area contributed by atoms with Gasteiger partial charge >= 0.3 is 0 Å². The number of fused-ring (bicyclic) bond motifs is 1. The maximum absolute atomic E-state index is 11.8. The van der Waals surface area contributed by atoms with Gasteiger partial charge in [0.25, 0.3) is 0 Å². The van der Waals surface area contributed by atoms with Crippen LogP contribution in [0, 0.1) is 0 Å². The fourth-order valence-corrected chi connectivity index (χ4v) is 3.58. The van der Waals surface area contributed by atoms with Crippen LogP contribution in [0.4, 0.5) is 0 Å². The van der Waals surface area contributed by atoms with Crippen LogP contribution in [0.1, 0.15) is 12.0 Å². The lowest BCUT2D eigenvalue weighted by molar-refractivity contribution is -0.118. The zero-order valence-corrected chi connectivity index (χ0v) is 10.3. The van der Waals surface area contributed by atoms with Crippen LogP contribution >= 0.6 is 15.9 Å². The lowest BCUT2D eigenvalue weighted by Gasteiger charge is -2.05. The van der Waals surface area contributed by atoms with E-state index in [2.05, 4.69) is 15.9 Å². The van der Waals surface area contributed by atoms with Gasteiger partial charge in [-0.3, -0.25) is 4.79 Å². The Morgan fingerprint density at radius 3 is 2.73 bits per heavy atom. The number of sulfone groups is 1. The summed E-state index contributed by atoms with van der Waals surface area (Å²) in [6.07, 6.45) is 0.336. The van der Waals surface area contributed by atoms with Crippen LogP contribution in [0.2, 0.25) is 0 Å². The van der Waals surface area contributed by atoms with E-state index in [4.69, 9.17) is 0 Å². The van der Waals surface area contributed by atoms with E-state index in [1.165, 1.54) is 0 Å². The predicted octanol–water partition coefficient (Wildman–Crippen LogP) is 1.74. The summed E-state index contributed by atoms with van der Waals surface area (Å²) in [4.78, 5) is 11.7.